The van der Waals surface area contributed by atoms with Crippen LogP contribution in [0.25, 0.3) is 5.65 Å². The van der Waals surface area contributed by atoms with Gasteiger partial charge in [-0.2, -0.15) is 0 Å². The smallest absolute Gasteiger partial charge is 0.180 e. The van der Waals surface area contributed by atoms with Gasteiger partial charge in [0.15, 0.2) is 11.5 Å². The lowest BCUT2D eigenvalue weighted by Crippen LogP contribution is -2.09. The maximum absolute atomic E-state index is 4.59. The van der Waals surface area contributed by atoms with Crippen LogP contribution in [-0.2, 0) is 6.42 Å². The van der Waals surface area contributed by atoms with Crippen molar-refractivity contribution in [3.8, 4) is 0 Å². The molecular formula is C14H16BrN5S. The molecule has 0 spiro atoms. The molecule has 0 unspecified atom stereocenters. The first-order valence-corrected chi connectivity index (χ1v) is 8.43. The fraction of sp³-hybridized carbons (Fsp3) is 0.286. The molecule has 3 aromatic heterocycles. The third-order valence-corrected chi connectivity index (χ3v) is 4.71. The molecule has 0 bridgehead atoms. The summed E-state index contributed by atoms with van der Waals surface area (Å²) in [6.07, 6.45) is 6.64. The Bertz CT molecular complexity index is 736. The second-order valence-electron chi connectivity index (χ2n) is 4.55. The number of anilines is 2. The number of aromatic nitrogens is 3. The number of nitrogens with one attached hydrogen (secondary N) is 2. The molecule has 3 rings (SSSR count). The van der Waals surface area contributed by atoms with Crippen LogP contribution in [0.4, 0.5) is 11.6 Å². The number of imidazole rings is 1. The van der Waals surface area contributed by atoms with E-state index in [0.29, 0.717) is 0 Å². The summed E-state index contributed by atoms with van der Waals surface area (Å²) < 4.78 is 3.15. The molecule has 5 nitrogen and oxygen atoms in total. The molecule has 0 saturated heterocycles. The Balaban J connectivity index is 1.74. The molecule has 3 heterocycles. The molecule has 3 aromatic rings. The van der Waals surface area contributed by atoms with E-state index in [1.54, 1.807) is 17.5 Å². The highest BCUT2D eigenvalue weighted by molar-refractivity contribution is 9.11. The van der Waals surface area contributed by atoms with Crippen LogP contribution in [0.2, 0.25) is 0 Å². The van der Waals surface area contributed by atoms with Gasteiger partial charge in [-0.25, -0.2) is 9.97 Å². The topological polar surface area (TPSA) is 54.2 Å². The van der Waals surface area contributed by atoms with Crippen molar-refractivity contribution in [2.24, 2.45) is 0 Å². The van der Waals surface area contributed by atoms with Gasteiger partial charge in [0.25, 0.3) is 0 Å². The van der Waals surface area contributed by atoms with Crippen molar-refractivity contribution in [3.05, 3.63) is 39.4 Å². The van der Waals surface area contributed by atoms with E-state index in [1.165, 1.54) is 8.66 Å². The number of fused-ring (bicyclic) bond motifs is 1. The zero-order chi connectivity index (χ0) is 14.7. The van der Waals surface area contributed by atoms with E-state index in [4.69, 9.17) is 0 Å². The highest BCUT2D eigenvalue weighted by atomic mass is 79.9. The van der Waals surface area contributed by atoms with Crippen LogP contribution in [0, 0.1) is 0 Å². The average Bonchev–Trinajstić information content (AvgIpc) is 3.08. The van der Waals surface area contributed by atoms with E-state index in [9.17, 15) is 0 Å². The Labute approximate surface area is 135 Å². The van der Waals surface area contributed by atoms with Crippen molar-refractivity contribution in [1.29, 1.82) is 0 Å². The van der Waals surface area contributed by atoms with Gasteiger partial charge in [-0.3, -0.25) is 0 Å². The Morgan fingerprint density at radius 1 is 1.33 bits per heavy atom. The lowest BCUT2D eigenvalue weighted by Gasteiger charge is -2.09. The standard InChI is InChI=1S/C14H16BrN5S/c1-2-16-12-9-20-8-7-18-14(20)13(19-12)17-6-5-10-3-4-11(15)21-10/h3-4,7-9,16H,2,5-6H2,1H3,(H,17,19). The molecule has 0 aromatic carbocycles. The van der Waals surface area contributed by atoms with E-state index >= 15 is 0 Å². The number of rotatable bonds is 6. The second-order valence-corrected chi connectivity index (χ2v) is 7.09. The largest absolute Gasteiger partial charge is 0.369 e. The van der Waals surface area contributed by atoms with Crippen molar-refractivity contribution in [1.82, 2.24) is 14.4 Å². The van der Waals surface area contributed by atoms with Gasteiger partial charge < -0.3 is 15.0 Å². The maximum Gasteiger partial charge on any atom is 0.180 e. The third-order valence-electron chi connectivity index (χ3n) is 3.02. The minimum Gasteiger partial charge on any atom is -0.369 e. The Morgan fingerprint density at radius 2 is 2.24 bits per heavy atom. The summed E-state index contributed by atoms with van der Waals surface area (Å²) in [6, 6.07) is 4.22. The minimum absolute atomic E-state index is 0.814. The summed E-state index contributed by atoms with van der Waals surface area (Å²) in [5.74, 6) is 1.67. The lowest BCUT2D eigenvalue weighted by molar-refractivity contribution is 1.01. The van der Waals surface area contributed by atoms with E-state index < -0.39 is 0 Å². The summed E-state index contributed by atoms with van der Waals surface area (Å²) in [6.45, 7) is 3.73. The first-order valence-electron chi connectivity index (χ1n) is 6.82. The predicted molar refractivity (Wildman–Crippen MR) is 91.4 cm³/mol. The SMILES string of the molecule is CCNc1cn2ccnc2c(NCCc2ccc(Br)s2)n1. The molecule has 110 valence electrons. The van der Waals surface area contributed by atoms with Gasteiger partial charge in [-0.05, 0) is 41.4 Å². The molecule has 0 amide bonds. The Morgan fingerprint density at radius 3 is 3.00 bits per heavy atom. The van der Waals surface area contributed by atoms with Gasteiger partial charge in [-0.15, -0.1) is 11.3 Å². The first kappa shape index (κ1) is 14.3. The van der Waals surface area contributed by atoms with Gasteiger partial charge in [0, 0.05) is 30.4 Å². The summed E-state index contributed by atoms with van der Waals surface area (Å²) in [7, 11) is 0. The van der Waals surface area contributed by atoms with E-state index in [-0.39, 0.29) is 0 Å². The Kier molecular flexibility index (Phi) is 4.40. The van der Waals surface area contributed by atoms with Crippen LogP contribution < -0.4 is 10.6 Å². The predicted octanol–water partition coefficient (Wildman–Crippen LogP) is 3.64. The van der Waals surface area contributed by atoms with E-state index in [1.807, 2.05) is 16.8 Å². The zero-order valence-corrected chi connectivity index (χ0v) is 14.0. The van der Waals surface area contributed by atoms with Crippen molar-refractivity contribution in [2.75, 3.05) is 23.7 Å². The van der Waals surface area contributed by atoms with Crippen LogP contribution in [0.1, 0.15) is 11.8 Å². The van der Waals surface area contributed by atoms with Gasteiger partial charge in [0.1, 0.15) is 5.82 Å². The molecule has 7 heteroatoms. The fourth-order valence-corrected chi connectivity index (χ4v) is 3.59. The number of hydrogen-bond acceptors (Lipinski definition) is 5. The molecule has 0 atom stereocenters. The number of hydrogen-bond donors (Lipinski definition) is 2. The van der Waals surface area contributed by atoms with Gasteiger partial charge >= 0.3 is 0 Å². The Hall–Kier alpha value is -1.60. The molecule has 21 heavy (non-hydrogen) atoms. The third kappa shape index (κ3) is 3.36. The molecule has 0 aliphatic rings. The quantitative estimate of drug-likeness (QED) is 0.700. The van der Waals surface area contributed by atoms with Crippen LogP contribution in [-0.4, -0.2) is 27.5 Å². The molecule has 0 aliphatic heterocycles. The molecule has 0 aliphatic carbocycles. The van der Waals surface area contributed by atoms with Crippen molar-refractivity contribution in [2.45, 2.75) is 13.3 Å². The van der Waals surface area contributed by atoms with Gasteiger partial charge in [0.05, 0.1) is 9.98 Å². The van der Waals surface area contributed by atoms with Crippen molar-refractivity contribution < 1.29 is 0 Å². The highest BCUT2D eigenvalue weighted by Crippen LogP contribution is 2.22. The minimum atomic E-state index is 0.814. The summed E-state index contributed by atoms with van der Waals surface area (Å²) >= 11 is 5.25. The molecule has 2 N–H and O–H groups in total. The van der Waals surface area contributed by atoms with Crippen LogP contribution >= 0.6 is 27.3 Å². The lowest BCUT2D eigenvalue weighted by atomic mass is 10.3. The molecule has 0 radical (unpaired) electrons. The van der Waals surface area contributed by atoms with Crippen LogP contribution in [0.5, 0.6) is 0 Å². The number of nitrogens with zero attached hydrogens (tertiary/aromatic N) is 3. The van der Waals surface area contributed by atoms with E-state index in [0.717, 1.165) is 36.8 Å². The number of halogens is 1. The van der Waals surface area contributed by atoms with E-state index in [2.05, 4.69) is 55.6 Å². The first-order chi connectivity index (χ1) is 10.3. The summed E-state index contributed by atoms with van der Waals surface area (Å²) in [5.41, 5.74) is 0.851. The monoisotopic (exact) mass is 365 g/mol. The van der Waals surface area contributed by atoms with Crippen molar-refractivity contribution >= 4 is 44.5 Å². The number of thiophene rings is 1. The molecular weight excluding hydrogens is 350 g/mol. The zero-order valence-electron chi connectivity index (χ0n) is 11.6. The average molecular weight is 366 g/mol. The normalized spacial score (nSPS) is 11.0. The second kappa shape index (κ2) is 6.44. The van der Waals surface area contributed by atoms with Gasteiger partial charge in [-0.1, -0.05) is 0 Å². The molecule has 0 saturated carbocycles. The van der Waals surface area contributed by atoms with Crippen LogP contribution in [0.3, 0.4) is 0 Å². The van der Waals surface area contributed by atoms with Crippen molar-refractivity contribution in [3.63, 3.8) is 0 Å². The molecule has 0 fully saturated rings. The maximum atomic E-state index is 4.59. The van der Waals surface area contributed by atoms with Crippen LogP contribution in [0.15, 0.2) is 34.5 Å². The highest BCUT2D eigenvalue weighted by Gasteiger charge is 2.07. The summed E-state index contributed by atoms with van der Waals surface area (Å²) in [4.78, 5) is 10.3. The summed E-state index contributed by atoms with van der Waals surface area (Å²) in [5, 5.41) is 6.62. The fourth-order valence-electron chi connectivity index (χ4n) is 2.11. The van der Waals surface area contributed by atoms with Gasteiger partial charge in [0.2, 0.25) is 0 Å².